The second-order valence-corrected chi connectivity index (χ2v) is 8.40. The van der Waals surface area contributed by atoms with Crippen molar-refractivity contribution in [2.24, 2.45) is 0 Å². The fraction of sp³-hybridized carbons (Fsp3) is 0.400. The predicted molar refractivity (Wildman–Crippen MR) is 89.2 cm³/mol. The van der Waals surface area contributed by atoms with Crippen LogP contribution in [-0.4, -0.2) is 28.2 Å². The maximum absolute atomic E-state index is 12.3. The van der Waals surface area contributed by atoms with E-state index < -0.39 is 10.0 Å². The van der Waals surface area contributed by atoms with Crippen molar-refractivity contribution < 1.29 is 12.9 Å². The highest BCUT2D eigenvalue weighted by Crippen LogP contribution is 2.23. The lowest BCUT2D eigenvalue weighted by atomic mass is 9.93. The van der Waals surface area contributed by atoms with Crippen molar-refractivity contribution in [3.05, 3.63) is 41.7 Å². The van der Waals surface area contributed by atoms with Crippen LogP contribution in [0.15, 0.2) is 28.9 Å². The molecule has 0 aliphatic carbocycles. The lowest BCUT2D eigenvalue weighted by molar-refractivity contribution is 0.327. The highest BCUT2D eigenvalue weighted by atomic mass is 32.2. The van der Waals surface area contributed by atoms with Gasteiger partial charge in [0.05, 0.1) is 11.9 Å². The first-order chi connectivity index (χ1) is 11.1. The number of rotatable bonds is 4. The van der Waals surface area contributed by atoms with E-state index in [4.69, 9.17) is 4.52 Å². The van der Waals surface area contributed by atoms with E-state index in [1.807, 2.05) is 20.8 Å². The number of nitrogens with zero attached hydrogens (tertiary/aromatic N) is 4. The molecule has 3 heterocycles. The van der Waals surface area contributed by atoms with Gasteiger partial charge in [0.1, 0.15) is 23.0 Å². The number of hydrogen-bond acceptors (Lipinski definition) is 6. The fourth-order valence-corrected chi connectivity index (χ4v) is 3.28. The number of sulfonamides is 1. The van der Waals surface area contributed by atoms with Crippen LogP contribution in [0, 0.1) is 6.92 Å². The SMILES string of the molecule is Cc1nc2ccc(NS(=O)(=O)Cc3cc(C(C)(C)C)on3)cn2n1. The fourth-order valence-electron chi connectivity index (χ4n) is 2.20. The summed E-state index contributed by atoms with van der Waals surface area (Å²) < 4.78 is 33.9. The molecule has 128 valence electrons. The summed E-state index contributed by atoms with van der Waals surface area (Å²) in [5.41, 5.74) is 1.21. The van der Waals surface area contributed by atoms with Crippen LogP contribution in [-0.2, 0) is 21.2 Å². The van der Waals surface area contributed by atoms with Crippen molar-refractivity contribution in [1.29, 1.82) is 0 Å². The summed E-state index contributed by atoms with van der Waals surface area (Å²) in [5, 5.41) is 8.00. The number of fused-ring (bicyclic) bond motifs is 1. The maximum Gasteiger partial charge on any atom is 0.238 e. The maximum atomic E-state index is 12.3. The van der Waals surface area contributed by atoms with Crippen molar-refractivity contribution >= 4 is 21.4 Å². The first-order valence-corrected chi connectivity index (χ1v) is 9.07. The molecule has 0 saturated heterocycles. The van der Waals surface area contributed by atoms with Gasteiger partial charge in [-0.05, 0) is 19.1 Å². The molecule has 0 bridgehead atoms. The Morgan fingerprint density at radius 2 is 2.04 bits per heavy atom. The largest absolute Gasteiger partial charge is 0.361 e. The van der Waals surface area contributed by atoms with Gasteiger partial charge in [-0.1, -0.05) is 25.9 Å². The first-order valence-electron chi connectivity index (χ1n) is 7.42. The molecule has 3 aromatic heterocycles. The molecule has 0 atom stereocenters. The summed E-state index contributed by atoms with van der Waals surface area (Å²) in [5.74, 6) is 1.00. The molecular weight excluding hydrogens is 330 g/mol. The number of aromatic nitrogens is 4. The molecule has 0 amide bonds. The minimum Gasteiger partial charge on any atom is -0.361 e. The normalized spacial score (nSPS) is 12.7. The van der Waals surface area contributed by atoms with Crippen molar-refractivity contribution in [3.8, 4) is 0 Å². The van der Waals surface area contributed by atoms with Crippen LogP contribution >= 0.6 is 0 Å². The van der Waals surface area contributed by atoms with Gasteiger partial charge < -0.3 is 4.52 Å². The Kier molecular flexibility index (Phi) is 3.83. The smallest absolute Gasteiger partial charge is 0.238 e. The molecule has 3 rings (SSSR count). The van der Waals surface area contributed by atoms with E-state index in [0.29, 0.717) is 28.6 Å². The lowest BCUT2D eigenvalue weighted by Crippen LogP contribution is -2.15. The van der Waals surface area contributed by atoms with E-state index in [0.717, 1.165) is 0 Å². The average Bonchev–Trinajstić information content (AvgIpc) is 3.02. The number of anilines is 1. The third-order valence-corrected chi connectivity index (χ3v) is 4.57. The number of pyridine rings is 1. The summed E-state index contributed by atoms with van der Waals surface area (Å²) in [6.07, 6.45) is 1.58. The van der Waals surface area contributed by atoms with E-state index in [-0.39, 0.29) is 11.2 Å². The average molecular weight is 349 g/mol. The Labute approximate surface area is 139 Å². The summed E-state index contributed by atoms with van der Waals surface area (Å²) in [7, 11) is -3.62. The van der Waals surface area contributed by atoms with Crippen molar-refractivity contribution in [2.75, 3.05) is 4.72 Å². The van der Waals surface area contributed by atoms with Crippen LogP contribution < -0.4 is 4.72 Å². The number of aryl methyl sites for hydroxylation is 1. The number of nitrogens with one attached hydrogen (secondary N) is 1. The molecule has 3 aromatic rings. The summed E-state index contributed by atoms with van der Waals surface area (Å²) in [6, 6.07) is 5.01. The quantitative estimate of drug-likeness (QED) is 0.775. The van der Waals surface area contributed by atoms with Crippen LogP contribution in [0.4, 0.5) is 5.69 Å². The number of hydrogen-bond donors (Lipinski definition) is 1. The standard InChI is InChI=1S/C15H19N5O3S/c1-10-16-14-6-5-11(8-20(14)17-10)19-24(21,22)9-12-7-13(23-18-12)15(2,3)4/h5-8,19H,9H2,1-4H3. The molecule has 0 radical (unpaired) electrons. The highest BCUT2D eigenvalue weighted by molar-refractivity contribution is 7.91. The minimum absolute atomic E-state index is 0.224. The molecule has 9 heteroatoms. The Bertz CT molecular complexity index is 982. The molecular formula is C15H19N5O3S. The molecule has 0 aromatic carbocycles. The molecule has 8 nitrogen and oxygen atoms in total. The molecule has 0 unspecified atom stereocenters. The zero-order valence-electron chi connectivity index (χ0n) is 13.9. The van der Waals surface area contributed by atoms with Gasteiger partial charge >= 0.3 is 0 Å². The molecule has 1 N–H and O–H groups in total. The topological polar surface area (TPSA) is 102 Å². The molecule has 0 aliphatic heterocycles. The van der Waals surface area contributed by atoms with Crippen LogP contribution in [0.3, 0.4) is 0 Å². The second kappa shape index (κ2) is 5.59. The van der Waals surface area contributed by atoms with Gasteiger partial charge in [-0.25, -0.2) is 17.9 Å². The van der Waals surface area contributed by atoms with Gasteiger partial charge in [0.2, 0.25) is 10.0 Å². The van der Waals surface area contributed by atoms with Gasteiger partial charge in [0.25, 0.3) is 0 Å². The predicted octanol–water partition coefficient (Wildman–Crippen LogP) is 2.27. The Morgan fingerprint density at radius 3 is 2.71 bits per heavy atom. The van der Waals surface area contributed by atoms with Crippen LogP contribution in [0.2, 0.25) is 0 Å². The van der Waals surface area contributed by atoms with E-state index in [1.54, 1.807) is 31.3 Å². The molecule has 0 aliphatic rings. The minimum atomic E-state index is -3.62. The second-order valence-electron chi connectivity index (χ2n) is 6.67. The summed E-state index contributed by atoms with van der Waals surface area (Å²) in [6.45, 7) is 7.69. The van der Waals surface area contributed by atoms with Crippen LogP contribution in [0.1, 0.15) is 38.0 Å². The monoisotopic (exact) mass is 349 g/mol. The van der Waals surface area contributed by atoms with Gasteiger partial charge in [-0.3, -0.25) is 4.72 Å². The van der Waals surface area contributed by atoms with Crippen molar-refractivity contribution in [3.63, 3.8) is 0 Å². The molecule has 0 fully saturated rings. The lowest BCUT2D eigenvalue weighted by Gasteiger charge is -2.12. The zero-order chi connectivity index (χ0) is 17.5. The van der Waals surface area contributed by atoms with Crippen molar-refractivity contribution in [1.82, 2.24) is 19.8 Å². The summed E-state index contributed by atoms with van der Waals surface area (Å²) in [4.78, 5) is 4.20. The van der Waals surface area contributed by atoms with E-state index in [1.165, 1.54) is 4.52 Å². The van der Waals surface area contributed by atoms with Crippen molar-refractivity contribution in [2.45, 2.75) is 38.9 Å². The Morgan fingerprint density at radius 1 is 1.29 bits per heavy atom. The highest BCUT2D eigenvalue weighted by Gasteiger charge is 2.22. The van der Waals surface area contributed by atoms with Gasteiger partial charge in [0, 0.05) is 11.5 Å². The molecule has 0 saturated carbocycles. The van der Waals surface area contributed by atoms with Gasteiger partial charge in [0.15, 0.2) is 5.65 Å². The van der Waals surface area contributed by atoms with E-state index in [9.17, 15) is 8.42 Å². The van der Waals surface area contributed by atoms with E-state index >= 15 is 0 Å². The van der Waals surface area contributed by atoms with Gasteiger partial charge in [-0.15, -0.1) is 0 Å². The van der Waals surface area contributed by atoms with E-state index in [2.05, 4.69) is 20.0 Å². The molecule has 0 spiro atoms. The van der Waals surface area contributed by atoms with Crippen LogP contribution in [0.5, 0.6) is 0 Å². The molecule has 24 heavy (non-hydrogen) atoms. The summed E-state index contributed by atoms with van der Waals surface area (Å²) >= 11 is 0. The third kappa shape index (κ3) is 3.56. The third-order valence-electron chi connectivity index (χ3n) is 3.35. The Balaban J connectivity index is 1.78. The van der Waals surface area contributed by atoms with Crippen LogP contribution in [0.25, 0.3) is 5.65 Å². The first kappa shape index (κ1) is 16.4. The Hall–Kier alpha value is -2.42. The zero-order valence-corrected chi connectivity index (χ0v) is 14.8. The van der Waals surface area contributed by atoms with Gasteiger partial charge in [-0.2, -0.15) is 5.10 Å².